The van der Waals surface area contributed by atoms with Gasteiger partial charge in [-0.3, -0.25) is 9.78 Å². The number of rotatable bonds is 15. The van der Waals surface area contributed by atoms with Crippen molar-refractivity contribution >= 4 is 16.8 Å². The standard InChI is InChI=1S/C40H56N4O/c1-27(2)25-44(26-28(3)4)39(45)40(8,9)34-13-14-36-35(23-34)37(38(43-36)33-21-29(5)20-30(6)22-33)31(7)24-42-17-11-10-12-32-15-18-41-19-16-32/h13-16,18-23,27-28,31,42-43H,10-12,17,24-26H2,1-9H3/t31-/m1/s1. The maximum absolute atomic E-state index is 14.1. The molecule has 0 fully saturated rings. The highest BCUT2D eigenvalue weighted by atomic mass is 16.2. The second-order valence-electron chi connectivity index (χ2n) is 14.6. The van der Waals surface area contributed by atoms with Gasteiger partial charge in [0.25, 0.3) is 0 Å². The molecule has 0 spiro atoms. The summed E-state index contributed by atoms with van der Waals surface area (Å²) >= 11 is 0. The van der Waals surface area contributed by atoms with E-state index in [1.165, 1.54) is 38.9 Å². The van der Waals surface area contributed by atoms with E-state index < -0.39 is 5.41 Å². The number of carbonyl (C=O) groups excluding carboxylic acids is 1. The van der Waals surface area contributed by atoms with Crippen molar-refractivity contribution in [2.24, 2.45) is 11.8 Å². The molecule has 1 amide bonds. The first-order valence-electron chi connectivity index (χ1n) is 17.0. The van der Waals surface area contributed by atoms with E-state index in [0.717, 1.165) is 56.5 Å². The number of unbranched alkanes of at least 4 members (excludes halogenated alkanes) is 1. The van der Waals surface area contributed by atoms with Gasteiger partial charge in [0.2, 0.25) is 5.91 Å². The molecule has 2 heterocycles. The summed E-state index contributed by atoms with van der Waals surface area (Å²) in [5.74, 6) is 1.33. The van der Waals surface area contributed by atoms with Gasteiger partial charge in [0.1, 0.15) is 0 Å². The number of aromatic amines is 1. The van der Waals surface area contributed by atoms with E-state index in [-0.39, 0.29) is 11.8 Å². The number of fused-ring (bicyclic) bond motifs is 1. The lowest BCUT2D eigenvalue weighted by atomic mass is 9.81. The van der Waals surface area contributed by atoms with Crippen LogP contribution in [0.15, 0.2) is 60.9 Å². The van der Waals surface area contributed by atoms with Gasteiger partial charge < -0.3 is 15.2 Å². The van der Waals surface area contributed by atoms with Crippen molar-refractivity contribution < 1.29 is 4.79 Å². The van der Waals surface area contributed by atoms with Gasteiger partial charge in [-0.05, 0) is 130 Å². The summed E-state index contributed by atoms with van der Waals surface area (Å²) in [5, 5.41) is 4.97. The molecule has 2 N–H and O–H groups in total. The highest BCUT2D eigenvalue weighted by Gasteiger charge is 2.35. The number of aromatic nitrogens is 2. The van der Waals surface area contributed by atoms with Crippen molar-refractivity contribution in [2.75, 3.05) is 26.2 Å². The number of hydrogen-bond donors (Lipinski definition) is 2. The number of nitrogens with zero attached hydrogens (tertiary/aromatic N) is 2. The van der Waals surface area contributed by atoms with Crippen LogP contribution in [0.4, 0.5) is 0 Å². The SMILES string of the molecule is Cc1cc(C)cc(-c2[nH]c3ccc(C(C)(C)C(=O)N(CC(C)C)CC(C)C)cc3c2[C@H](C)CNCCCCc2ccncc2)c1. The highest BCUT2D eigenvalue weighted by Crippen LogP contribution is 2.39. The molecule has 0 unspecified atom stereocenters. The molecule has 5 nitrogen and oxygen atoms in total. The Morgan fingerprint density at radius 2 is 1.53 bits per heavy atom. The van der Waals surface area contributed by atoms with Crippen molar-refractivity contribution in [3.8, 4) is 11.3 Å². The Kier molecular flexibility index (Phi) is 11.7. The maximum atomic E-state index is 14.1. The third kappa shape index (κ3) is 8.85. The number of benzene rings is 2. The van der Waals surface area contributed by atoms with E-state index in [4.69, 9.17) is 0 Å². The number of H-pyrrole nitrogens is 1. The minimum Gasteiger partial charge on any atom is -0.354 e. The molecule has 0 aliphatic carbocycles. The summed E-state index contributed by atoms with van der Waals surface area (Å²) in [5.41, 5.74) is 9.16. The molecule has 45 heavy (non-hydrogen) atoms. The van der Waals surface area contributed by atoms with E-state index in [0.29, 0.717) is 11.8 Å². The van der Waals surface area contributed by atoms with Gasteiger partial charge in [-0.2, -0.15) is 0 Å². The van der Waals surface area contributed by atoms with E-state index in [9.17, 15) is 4.79 Å². The first-order valence-corrected chi connectivity index (χ1v) is 17.0. The minimum absolute atomic E-state index is 0.206. The highest BCUT2D eigenvalue weighted by molar-refractivity contribution is 5.94. The third-order valence-electron chi connectivity index (χ3n) is 8.83. The fourth-order valence-electron chi connectivity index (χ4n) is 6.65. The molecule has 0 saturated carbocycles. The Labute approximate surface area is 272 Å². The van der Waals surface area contributed by atoms with Gasteiger partial charge in [0.05, 0.1) is 11.1 Å². The van der Waals surface area contributed by atoms with Crippen LogP contribution in [-0.4, -0.2) is 47.0 Å². The molecule has 1 atom stereocenters. The summed E-state index contributed by atoms with van der Waals surface area (Å²) in [6.07, 6.45) is 7.13. The Balaban J connectivity index is 1.63. The molecule has 0 bridgehead atoms. The molecule has 5 heteroatoms. The summed E-state index contributed by atoms with van der Waals surface area (Å²) < 4.78 is 0. The summed E-state index contributed by atoms with van der Waals surface area (Å²) in [6.45, 7) is 23.1. The third-order valence-corrected chi connectivity index (χ3v) is 8.83. The van der Waals surface area contributed by atoms with Crippen LogP contribution in [0.25, 0.3) is 22.2 Å². The Bertz CT molecular complexity index is 1520. The normalized spacial score (nSPS) is 12.8. The quantitative estimate of drug-likeness (QED) is 0.132. The Morgan fingerprint density at radius 1 is 0.889 bits per heavy atom. The largest absolute Gasteiger partial charge is 0.354 e. The van der Waals surface area contributed by atoms with E-state index >= 15 is 0 Å². The molecule has 242 valence electrons. The number of aryl methyl sites for hydroxylation is 3. The minimum atomic E-state index is -0.636. The molecule has 0 aliphatic heterocycles. The van der Waals surface area contributed by atoms with Gasteiger partial charge in [0.15, 0.2) is 0 Å². The van der Waals surface area contributed by atoms with Crippen LogP contribution < -0.4 is 5.32 Å². The maximum Gasteiger partial charge on any atom is 0.232 e. The summed E-state index contributed by atoms with van der Waals surface area (Å²) in [7, 11) is 0. The van der Waals surface area contributed by atoms with Crippen molar-refractivity contribution in [2.45, 2.75) is 92.9 Å². The van der Waals surface area contributed by atoms with E-state index in [1.807, 2.05) is 12.4 Å². The Morgan fingerprint density at radius 3 is 2.16 bits per heavy atom. The number of hydrogen-bond acceptors (Lipinski definition) is 3. The zero-order valence-corrected chi connectivity index (χ0v) is 29.3. The fourth-order valence-corrected chi connectivity index (χ4v) is 6.65. The number of amides is 1. The molecule has 0 radical (unpaired) electrons. The lowest BCUT2D eigenvalue weighted by Gasteiger charge is -2.34. The van der Waals surface area contributed by atoms with Gasteiger partial charge in [-0.25, -0.2) is 0 Å². The Hall–Kier alpha value is -3.44. The topological polar surface area (TPSA) is 61.0 Å². The van der Waals surface area contributed by atoms with Crippen LogP contribution in [0.3, 0.4) is 0 Å². The average molecular weight is 609 g/mol. The first-order chi connectivity index (χ1) is 21.4. The van der Waals surface area contributed by atoms with Gasteiger partial charge in [-0.15, -0.1) is 0 Å². The molecule has 0 aliphatic rings. The molecular weight excluding hydrogens is 552 g/mol. The second kappa shape index (κ2) is 15.2. The lowest BCUT2D eigenvalue weighted by molar-refractivity contribution is -0.137. The van der Waals surface area contributed by atoms with E-state index in [1.54, 1.807) is 0 Å². The molecule has 0 saturated heterocycles. The van der Waals surface area contributed by atoms with Crippen molar-refractivity contribution in [3.63, 3.8) is 0 Å². The van der Waals surface area contributed by atoms with Crippen molar-refractivity contribution in [1.29, 1.82) is 0 Å². The lowest BCUT2D eigenvalue weighted by Crippen LogP contribution is -2.46. The van der Waals surface area contributed by atoms with Crippen LogP contribution in [0.5, 0.6) is 0 Å². The van der Waals surface area contributed by atoms with Crippen LogP contribution >= 0.6 is 0 Å². The van der Waals surface area contributed by atoms with Gasteiger partial charge in [0, 0.05) is 42.9 Å². The molecule has 4 rings (SSSR count). The zero-order valence-electron chi connectivity index (χ0n) is 29.3. The van der Waals surface area contributed by atoms with Crippen LogP contribution in [0.1, 0.15) is 95.0 Å². The second-order valence-corrected chi connectivity index (χ2v) is 14.6. The predicted molar refractivity (Wildman–Crippen MR) is 191 cm³/mol. The predicted octanol–water partition coefficient (Wildman–Crippen LogP) is 8.98. The average Bonchev–Trinajstić information content (AvgIpc) is 3.37. The smallest absolute Gasteiger partial charge is 0.232 e. The monoisotopic (exact) mass is 608 g/mol. The molecule has 4 aromatic rings. The van der Waals surface area contributed by atoms with Crippen molar-refractivity contribution in [3.05, 3.63) is 88.7 Å². The summed E-state index contributed by atoms with van der Waals surface area (Å²) in [6, 6.07) is 17.6. The molecule has 2 aromatic carbocycles. The molecule has 2 aromatic heterocycles. The number of nitrogens with one attached hydrogen (secondary N) is 2. The van der Waals surface area contributed by atoms with Crippen LogP contribution in [-0.2, 0) is 16.6 Å². The van der Waals surface area contributed by atoms with Gasteiger partial charge >= 0.3 is 0 Å². The number of pyridine rings is 1. The van der Waals surface area contributed by atoms with E-state index in [2.05, 4.69) is 131 Å². The van der Waals surface area contributed by atoms with Crippen LogP contribution in [0.2, 0.25) is 0 Å². The van der Waals surface area contributed by atoms with Crippen molar-refractivity contribution in [1.82, 2.24) is 20.2 Å². The van der Waals surface area contributed by atoms with Crippen LogP contribution in [0, 0.1) is 25.7 Å². The number of carbonyl (C=O) groups is 1. The summed E-state index contributed by atoms with van der Waals surface area (Å²) in [4.78, 5) is 24.1. The first kappa shape index (κ1) is 34.4. The van der Waals surface area contributed by atoms with Gasteiger partial charge in [-0.1, -0.05) is 57.9 Å². The zero-order chi connectivity index (χ0) is 32.7. The fraction of sp³-hybridized carbons (Fsp3) is 0.500. The molecular formula is C40H56N4O.